The molecule has 2 aromatic rings. The molecule has 0 spiro atoms. The fourth-order valence-electron chi connectivity index (χ4n) is 2.11. The van der Waals surface area contributed by atoms with Gasteiger partial charge in [-0.15, -0.1) is 0 Å². The Morgan fingerprint density at radius 1 is 0.957 bits per heavy atom. The van der Waals surface area contributed by atoms with Gasteiger partial charge in [-0.1, -0.05) is 36.4 Å². The highest BCUT2D eigenvalue weighted by Crippen LogP contribution is 2.33. The van der Waals surface area contributed by atoms with Gasteiger partial charge in [0.25, 0.3) is 0 Å². The highest BCUT2D eigenvalue weighted by atomic mass is 19.4. The van der Waals surface area contributed by atoms with E-state index in [0.717, 1.165) is 0 Å². The number of carboxylic acids is 1. The van der Waals surface area contributed by atoms with Crippen molar-refractivity contribution in [3.05, 3.63) is 60.2 Å². The van der Waals surface area contributed by atoms with E-state index in [1.165, 1.54) is 48.5 Å². The van der Waals surface area contributed by atoms with Gasteiger partial charge in [0.05, 0.1) is 12.1 Å². The fraction of sp³-hybridized carbons (Fsp3) is 0.125. The monoisotopic (exact) mass is 323 g/mol. The minimum atomic E-state index is -5.09. The first-order valence-corrected chi connectivity index (χ1v) is 6.56. The number of alkyl halides is 3. The standard InChI is InChI=1S/C16H12F3NO3/c17-16(18,19)15(23)20(12-7-2-1-3-8-12)13-9-5-4-6-11(13)10-14(21)22/h1-9H,10H2,(H,21,22). The molecule has 120 valence electrons. The quantitative estimate of drug-likeness (QED) is 0.936. The predicted octanol–water partition coefficient (Wildman–Crippen LogP) is 3.54. The lowest BCUT2D eigenvalue weighted by Crippen LogP contribution is -2.38. The number of hydrogen-bond acceptors (Lipinski definition) is 2. The first kappa shape index (κ1) is 16.5. The highest BCUT2D eigenvalue weighted by Gasteiger charge is 2.44. The molecule has 7 heteroatoms. The molecule has 2 aromatic carbocycles. The van der Waals surface area contributed by atoms with Gasteiger partial charge < -0.3 is 5.11 Å². The Morgan fingerprint density at radius 2 is 1.52 bits per heavy atom. The van der Waals surface area contributed by atoms with Crippen LogP contribution in [0.3, 0.4) is 0 Å². The maximum Gasteiger partial charge on any atom is 0.472 e. The molecule has 0 saturated carbocycles. The number of aliphatic carboxylic acids is 1. The second-order valence-corrected chi connectivity index (χ2v) is 4.67. The maximum atomic E-state index is 13.0. The zero-order chi connectivity index (χ0) is 17.0. The number of carbonyl (C=O) groups is 2. The Kier molecular flexibility index (Phi) is 4.68. The first-order valence-electron chi connectivity index (χ1n) is 6.56. The molecule has 1 amide bonds. The Hall–Kier alpha value is -2.83. The van der Waals surface area contributed by atoms with Crippen LogP contribution in [0.4, 0.5) is 24.5 Å². The molecule has 4 nitrogen and oxygen atoms in total. The average Bonchev–Trinajstić information content (AvgIpc) is 2.49. The van der Waals surface area contributed by atoms with Gasteiger partial charge in [0, 0.05) is 5.69 Å². The summed E-state index contributed by atoms with van der Waals surface area (Å²) in [7, 11) is 0. The Morgan fingerprint density at radius 3 is 2.09 bits per heavy atom. The van der Waals surface area contributed by atoms with Gasteiger partial charge in [0.1, 0.15) is 0 Å². The third-order valence-electron chi connectivity index (χ3n) is 3.03. The summed E-state index contributed by atoms with van der Waals surface area (Å²) in [5.74, 6) is -3.29. The van der Waals surface area contributed by atoms with Crippen LogP contribution in [0.1, 0.15) is 5.56 Å². The number of carbonyl (C=O) groups excluding carboxylic acids is 1. The van der Waals surface area contributed by atoms with Gasteiger partial charge in [-0.3, -0.25) is 14.5 Å². The van der Waals surface area contributed by atoms with E-state index in [1.54, 1.807) is 6.07 Å². The topological polar surface area (TPSA) is 57.6 Å². The number of hydrogen-bond donors (Lipinski definition) is 1. The molecular weight excluding hydrogens is 311 g/mol. The van der Waals surface area contributed by atoms with E-state index >= 15 is 0 Å². The molecule has 0 aliphatic carbocycles. The molecule has 0 atom stereocenters. The molecule has 0 aliphatic heterocycles. The Balaban J connectivity index is 2.60. The SMILES string of the molecule is O=C(O)Cc1ccccc1N(C(=O)C(F)(F)F)c1ccccc1. The van der Waals surface area contributed by atoms with Gasteiger partial charge in [0.15, 0.2) is 0 Å². The molecule has 0 aliphatic rings. The van der Waals surface area contributed by atoms with E-state index in [0.29, 0.717) is 4.90 Å². The van der Waals surface area contributed by atoms with E-state index < -0.39 is 24.5 Å². The van der Waals surface area contributed by atoms with E-state index in [-0.39, 0.29) is 16.9 Å². The van der Waals surface area contributed by atoms with Gasteiger partial charge in [0.2, 0.25) is 0 Å². The van der Waals surface area contributed by atoms with Crippen molar-refractivity contribution in [2.24, 2.45) is 0 Å². The van der Waals surface area contributed by atoms with Crippen LogP contribution in [0, 0.1) is 0 Å². The zero-order valence-electron chi connectivity index (χ0n) is 11.7. The lowest BCUT2D eigenvalue weighted by molar-refractivity contribution is -0.169. The maximum absolute atomic E-state index is 13.0. The van der Waals surface area contributed by atoms with Gasteiger partial charge in [-0.25, -0.2) is 0 Å². The number of nitrogens with zero attached hydrogens (tertiary/aromatic N) is 1. The van der Waals surface area contributed by atoms with Crippen molar-refractivity contribution < 1.29 is 27.9 Å². The molecule has 2 rings (SSSR count). The smallest absolute Gasteiger partial charge is 0.472 e. The fourth-order valence-corrected chi connectivity index (χ4v) is 2.11. The van der Waals surface area contributed by atoms with Crippen molar-refractivity contribution in [2.75, 3.05) is 4.90 Å². The van der Waals surface area contributed by atoms with E-state index in [4.69, 9.17) is 5.11 Å². The minimum Gasteiger partial charge on any atom is -0.481 e. The number of benzene rings is 2. The molecule has 0 aromatic heterocycles. The summed E-state index contributed by atoms with van der Waals surface area (Å²) >= 11 is 0. The number of para-hydroxylation sites is 2. The largest absolute Gasteiger partial charge is 0.481 e. The second kappa shape index (κ2) is 6.51. The van der Waals surface area contributed by atoms with Gasteiger partial charge >= 0.3 is 18.1 Å². The van der Waals surface area contributed by atoms with Crippen molar-refractivity contribution in [1.29, 1.82) is 0 Å². The van der Waals surface area contributed by atoms with Crippen LogP contribution < -0.4 is 4.90 Å². The average molecular weight is 323 g/mol. The third kappa shape index (κ3) is 3.88. The van der Waals surface area contributed by atoms with Crippen LogP contribution in [0.25, 0.3) is 0 Å². The van der Waals surface area contributed by atoms with Crippen molar-refractivity contribution in [2.45, 2.75) is 12.6 Å². The lowest BCUT2D eigenvalue weighted by atomic mass is 10.1. The van der Waals surface area contributed by atoms with Crippen molar-refractivity contribution in [3.63, 3.8) is 0 Å². The summed E-state index contributed by atoms with van der Waals surface area (Å²) in [6.07, 6.45) is -5.59. The van der Waals surface area contributed by atoms with Crippen LogP contribution >= 0.6 is 0 Å². The molecule has 0 bridgehead atoms. The Bertz CT molecular complexity index is 714. The molecular formula is C16H12F3NO3. The van der Waals surface area contributed by atoms with Crippen LogP contribution in [0.5, 0.6) is 0 Å². The third-order valence-corrected chi connectivity index (χ3v) is 3.03. The number of rotatable bonds is 4. The van der Waals surface area contributed by atoms with Gasteiger partial charge in [-0.2, -0.15) is 13.2 Å². The molecule has 0 unspecified atom stereocenters. The highest BCUT2D eigenvalue weighted by molar-refractivity contribution is 6.04. The van der Waals surface area contributed by atoms with Crippen molar-refractivity contribution >= 4 is 23.3 Å². The molecule has 0 heterocycles. The van der Waals surface area contributed by atoms with E-state index in [1.807, 2.05) is 0 Å². The lowest BCUT2D eigenvalue weighted by Gasteiger charge is -2.26. The number of halogens is 3. The normalized spacial score (nSPS) is 11.1. The van der Waals surface area contributed by atoms with Crippen LogP contribution in [0.2, 0.25) is 0 Å². The summed E-state index contributed by atoms with van der Waals surface area (Å²) < 4.78 is 38.9. The molecule has 23 heavy (non-hydrogen) atoms. The predicted molar refractivity (Wildman–Crippen MR) is 77.4 cm³/mol. The second-order valence-electron chi connectivity index (χ2n) is 4.67. The van der Waals surface area contributed by atoms with Crippen molar-refractivity contribution in [3.8, 4) is 0 Å². The van der Waals surface area contributed by atoms with Gasteiger partial charge in [-0.05, 0) is 23.8 Å². The number of amides is 1. The molecule has 1 N–H and O–H groups in total. The van der Waals surface area contributed by atoms with Crippen molar-refractivity contribution in [1.82, 2.24) is 0 Å². The molecule has 0 fully saturated rings. The minimum absolute atomic E-state index is 0.00710. The zero-order valence-corrected chi connectivity index (χ0v) is 11.7. The van der Waals surface area contributed by atoms with Crippen LogP contribution in [0.15, 0.2) is 54.6 Å². The van der Waals surface area contributed by atoms with E-state index in [9.17, 15) is 22.8 Å². The number of carboxylic acid groups (broad SMARTS) is 1. The summed E-state index contributed by atoms with van der Waals surface area (Å²) in [6, 6.07) is 12.9. The van der Waals surface area contributed by atoms with E-state index in [2.05, 4.69) is 0 Å². The van der Waals surface area contributed by atoms with Crippen LogP contribution in [-0.2, 0) is 16.0 Å². The number of anilines is 2. The summed E-state index contributed by atoms with van der Waals surface area (Å²) in [4.78, 5) is 23.3. The summed E-state index contributed by atoms with van der Waals surface area (Å²) in [6.45, 7) is 0. The summed E-state index contributed by atoms with van der Waals surface area (Å²) in [5.41, 5.74) is 0.0116. The van der Waals surface area contributed by atoms with Crippen LogP contribution in [-0.4, -0.2) is 23.2 Å². The first-order chi connectivity index (χ1) is 10.8. The Labute approximate surface area is 129 Å². The summed E-state index contributed by atoms with van der Waals surface area (Å²) in [5, 5.41) is 8.92. The molecule has 0 radical (unpaired) electrons. The molecule has 0 saturated heterocycles.